The molecule has 90 valence electrons. The van der Waals surface area contributed by atoms with Gasteiger partial charge in [0.05, 0.1) is 17.7 Å². The minimum Gasteiger partial charge on any atom is -0.297 e. The molecule has 1 atom stereocenters. The number of carbonyl (C=O) groups excluding carboxylic acids is 1. The number of ketones is 1. The van der Waals surface area contributed by atoms with Crippen molar-refractivity contribution in [3.05, 3.63) is 11.9 Å². The lowest BCUT2D eigenvalue weighted by molar-refractivity contribution is -0.128. The molecule has 1 heterocycles. The Morgan fingerprint density at radius 1 is 1.56 bits per heavy atom. The number of hydrogen-bond donors (Lipinski definition) is 0. The predicted octanol–water partition coefficient (Wildman–Crippen LogP) is 0.657. The van der Waals surface area contributed by atoms with E-state index in [1.807, 2.05) is 32.8 Å². The highest BCUT2D eigenvalue weighted by atomic mass is 16.1. The van der Waals surface area contributed by atoms with Gasteiger partial charge in [-0.2, -0.15) is 0 Å². The summed E-state index contributed by atoms with van der Waals surface area (Å²) in [6.07, 6.45) is 2.92. The fraction of sp³-hybridized carbons (Fsp3) is 0.727. The highest BCUT2D eigenvalue weighted by Crippen LogP contribution is 2.19. The molecule has 1 aromatic rings. The van der Waals surface area contributed by atoms with Gasteiger partial charge in [-0.15, -0.1) is 5.10 Å². The van der Waals surface area contributed by atoms with Gasteiger partial charge in [0, 0.05) is 13.2 Å². The monoisotopic (exact) mass is 224 g/mol. The summed E-state index contributed by atoms with van der Waals surface area (Å²) in [7, 11) is 5.65. The summed E-state index contributed by atoms with van der Waals surface area (Å²) >= 11 is 0. The van der Waals surface area contributed by atoms with Crippen LogP contribution in [0.4, 0.5) is 0 Å². The van der Waals surface area contributed by atoms with Crippen molar-refractivity contribution in [3.8, 4) is 0 Å². The lowest BCUT2D eigenvalue weighted by Gasteiger charge is -2.33. The van der Waals surface area contributed by atoms with E-state index in [0.29, 0.717) is 6.42 Å². The molecule has 0 saturated heterocycles. The molecule has 0 aliphatic carbocycles. The Morgan fingerprint density at radius 3 is 2.56 bits per heavy atom. The van der Waals surface area contributed by atoms with Crippen molar-refractivity contribution in [3.63, 3.8) is 0 Å². The lowest BCUT2D eigenvalue weighted by atomic mass is 9.89. The Balaban J connectivity index is 2.78. The number of nitrogens with zero attached hydrogens (tertiary/aromatic N) is 4. The molecule has 0 amide bonds. The highest BCUT2D eigenvalue weighted by Gasteiger charge is 2.33. The fourth-order valence-corrected chi connectivity index (χ4v) is 1.59. The van der Waals surface area contributed by atoms with Crippen LogP contribution in [0, 0.1) is 0 Å². The molecule has 1 rings (SSSR count). The van der Waals surface area contributed by atoms with Gasteiger partial charge in [0.1, 0.15) is 0 Å². The normalized spacial score (nSPS) is 15.1. The molecule has 0 bridgehead atoms. The Kier molecular flexibility index (Phi) is 3.80. The summed E-state index contributed by atoms with van der Waals surface area (Å²) in [6, 6.07) is 0. The number of Topliss-reactive ketones (excluding diaryl/α,β-unsaturated/α-hetero) is 1. The van der Waals surface area contributed by atoms with Gasteiger partial charge < -0.3 is 0 Å². The SMILES string of the molecule is CCC(C)(C(=O)Cc1cn(C)nn1)N(C)C. The van der Waals surface area contributed by atoms with Crippen LogP contribution in [0.25, 0.3) is 0 Å². The summed E-state index contributed by atoms with van der Waals surface area (Å²) in [5, 5.41) is 7.76. The average Bonchev–Trinajstić information content (AvgIpc) is 2.62. The van der Waals surface area contributed by atoms with Crippen LogP contribution in [0.2, 0.25) is 0 Å². The number of likely N-dealkylation sites (N-methyl/N-ethyl adjacent to an activating group) is 1. The molecular weight excluding hydrogens is 204 g/mol. The Bertz CT molecular complexity index is 372. The molecule has 5 heteroatoms. The largest absolute Gasteiger partial charge is 0.297 e. The predicted molar refractivity (Wildman–Crippen MR) is 62.1 cm³/mol. The van der Waals surface area contributed by atoms with Gasteiger partial charge in [-0.1, -0.05) is 12.1 Å². The van der Waals surface area contributed by atoms with E-state index < -0.39 is 5.54 Å². The van der Waals surface area contributed by atoms with Gasteiger partial charge in [0.15, 0.2) is 5.78 Å². The minimum absolute atomic E-state index is 0.181. The van der Waals surface area contributed by atoms with Gasteiger partial charge in [0.2, 0.25) is 0 Å². The van der Waals surface area contributed by atoms with Crippen LogP contribution in [-0.4, -0.2) is 45.3 Å². The van der Waals surface area contributed by atoms with E-state index in [1.165, 1.54) is 0 Å². The van der Waals surface area contributed by atoms with E-state index in [0.717, 1.165) is 12.1 Å². The van der Waals surface area contributed by atoms with Crippen LogP contribution in [0.15, 0.2) is 6.20 Å². The summed E-state index contributed by atoms with van der Waals surface area (Å²) in [5.41, 5.74) is 0.311. The first-order valence-corrected chi connectivity index (χ1v) is 5.46. The van der Waals surface area contributed by atoms with Crippen molar-refractivity contribution in [2.24, 2.45) is 7.05 Å². The van der Waals surface area contributed by atoms with Crippen LogP contribution in [0.3, 0.4) is 0 Å². The maximum Gasteiger partial charge on any atom is 0.158 e. The van der Waals surface area contributed by atoms with Crippen LogP contribution in [-0.2, 0) is 18.3 Å². The summed E-state index contributed by atoms with van der Waals surface area (Å²) < 4.78 is 1.61. The van der Waals surface area contributed by atoms with Gasteiger partial charge in [-0.05, 0) is 27.4 Å². The fourth-order valence-electron chi connectivity index (χ4n) is 1.59. The van der Waals surface area contributed by atoms with Crippen molar-refractivity contribution < 1.29 is 4.79 Å². The first kappa shape index (κ1) is 12.8. The summed E-state index contributed by atoms with van der Waals surface area (Å²) in [5.74, 6) is 0.181. The molecule has 0 aliphatic rings. The molecule has 0 aliphatic heterocycles. The van der Waals surface area contributed by atoms with Crippen LogP contribution >= 0.6 is 0 Å². The van der Waals surface area contributed by atoms with Crippen molar-refractivity contribution in [1.29, 1.82) is 0 Å². The van der Waals surface area contributed by atoms with Crippen molar-refractivity contribution >= 4 is 5.78 Å². The van der Waals surface area contributed by atoms with Gasteiger partial charge in [-0.3, -0.25) is 14.4 Å². The van der Waals surface area contributed by atoms with Crippen LogP contribution in [0.5, 0.6) is 0 Å². The molecule has 5 nitrogen and oxygen atoms in total. The molecule has 0 N–H and O–H groups in total. The lowest BCUT2D eigenvalue weighted by Crippen LogP contribution is -2.48. The van der Waals surface area contributed by atoms with Gasteiger partial charge >= 0.3 is 0 Å². The molecule has 0 fully saturated rings. The van der Waals surface area contributed by atoms with Crippen molar-refractivity contribution in [2.45, 2.75) is 32.2 Å². The summed E-state index contributed by atoms with van der Waals surface area (Å²) in [4.78, 5) is 14.2. The minimum atomic E-state index is -0.419. The van der Waals surface area contributed by atoms with E-state index in [2.05, 4.69) is 10.3 Å². The van der Waals surface area contributed by atoms with Crippen LogP contribution in [0.1, 0.15) is 26.0 Å². The molecule has 0 radical (unpaired) electrons. The molecule has 1 unspecified atom stereocenters. The number of rotatable bonds is 5. The third-order valence-electron chi connectivity index (χ3n) is 3.27. The first-order chi connectivity index (χ1) is 7.40. The molecule has 0 aromatic carbocycles. The Morgan fingerprint density at radius 2 is 2.19 bits per heavy atom. The Hall–Kier alpha value is -1.23. The molecule has 0 spiro atoms. The van der Waals surface area contributed by atoms with Gasteiger partial charge in [0.25, 0.3) is 0 Å². The van der Waals surface area contributed by atoms with E-state index in [4.69, 9.17) is 0 Å². The van der Waals surface area contributed by atoms with Crippen molar-refractivity contribution in [2.75, 3.05) is 14.1 Å². The topological polar surface area (TPSA) is 51.0 Å². The average molecular weight is 224 g/mol. The first-order valence-electron chi connectivity index (χ1n) is 5.46. The number of aromatic nitrogens is 3. The molecule has 16 heavy (non-hydrogen) atoms. The molecule has 0 saturated carbocycles. The van der Waals surface area contributed by atoms with E-state index in [-0.39, 0.29) is 5.78 Å². The number of carbonyl (C=O) groups is 1. The van der Waals surface area contributed by atoms with Crippen LogP contribution < -0.4 is 0 Å². The third-order valence-corrected chi connectivity index (χ3v) is 3.27. The zero-order chi connectivity index (χ0) is 12.3. The number of hydrogen-bond acceptors (Lipinski definition) is 4. The van der Waals surface area contributed by atoms with E-state index >= 15 is 0 Å². The highest BCUT2D eigenvalue weighted by molar-refractivity contribution is 5.89. The van der Waals surface area contributed by atoms with E-state index in [1.54, 1.807) is 17.9 Å². The second-order valence-corrected chi connectivity index (χ2v) is 4.51. The standard InChI is InChI=1S/C11H20N4O/c1-6-11(2,14(3)4)10(16)7-9-8-15(5)13-12-9/h8H,6-7H2,1-5H3. The smallest absolute Gasteiger partial charge is 0.158 e. The quantitative estimate of drug-likeness (QED) is 0.737. The van der Waals surface area contributed by atoms with E-state index in [9.17, 15) is 4.79 Å². The zero-order valence-electron chi connectivity index (χ0n) is 10.7. The second-order valence-electron chi connectivity index (χ2n) is 4.51. The second kappa shape index (κ2) is 4.74. The van der Waals surface area contributed by atoms with Crippen molar-refractivity contribution in [1.82, 2.24) is 19.9 Å². The Labute approximate surface area is 96.4 Å². The molecular formula is C11H20N4O. The molecule has 1 aromatic heterocycles. The maximum atomic E-state index is 12.2. The third kappa shape index (κ3) is 2.47. The number of aryl methyl sites for hydroxylation is 1. The summed E-state index contributed by atoms with van der Waals surface area (Å²) in [6.45, 7) is 3.99. The van der Waals surface area contributed by atoms with Gasteiger partial charge in [-0.25, -0.2) is 0 Å². The maximum absolute atomic E-state index is 12.2. The zero-order valence-corrected chi connectivity index (χ0v) is 10.7.